The fourth-order valence-electron chi connectivity index (χ4n) is 2.04. The zero-order valence-corrected chi connectivity index (χ0v) is 12.8. The predicted octanol–water partition coefficient (Wildman–Crippen LogP) is 3.00. The van der Waals surface area contributed by atoms with Gasteiger partial charge in [-0.2, -0.15) is 5.10 Å². The Morgan fingerprint density at radius 2 is 1.90 bits per heavy atom. The van der Waals surface area contributed by atoms with Crippen molar-refractivity contribution in [3.8, 4) is 5.75 Å². The van der Waals surface area contributed by atoms with Crippen LogP contribution in [-0.4, -0.2) is 22.2 Å². The Bertz CT molecular complexity index is 602. The third-order valence-electron chi connectivity index (χ3n) is 3.17. The summed E-state index contributed by atoms with van der Waals surface area (Å²) in [5, 5.41) is 9.58. The molecule has 1 unspecified atom stereocenters. The zero-order chi connectivity index (χ0) is 15.4. The molecule has 0 fully saturated rings. The molecule has 1 atom stereocenters. The first-order chi connectivity index (χ1) is 9.97. The van der Waals surface area contributed by atoms with E-state index in [1.165, 1.54) is 6.20 Å². The maximum atomic E-state index is 12.1. The first-order valence-corrected chi connectivity index (χ1v) is 7.05. The van der Waals surface area contributed by atoms with Gasteiger partial charge in [-0.3, -0.25) is 9.89 Å². The molecule has 2 aromatic rings. The van der Waals surface area contributed by atoms with Crippen molar-refractivity contribution in [1.82, 2.24) is 15.5 Å². The minimum Gasteiger partial charge on any atom is -0.491 e. The number of nitrogens with one attached hydrogen (secondary N) is 2. The number of aryl methyl sites for hydroxylation is 1. The number of carbonyl (C=O) groups excluding carboxylic acids is 1. The van der Waals surface area contributed by atoms with Crippen molar-refractivity contribution in [2.45, 2.75) is 39.8 Å². The highest BCUT2D eigenvalue weighted by molar-refractivity contribution is 5.95. The predicted molar refractivity (Wildman–Crippen MR) is 81.4 cm³/mol. The molecule has 0 saturated heterocycles. The highest BCUT2D eigenvalue weighted by Gasteiger charge is 2.14. The molecule has 0 aliphatic rings. The largest absolute Gasteiger partial charge is 0.491 e. The van der Waals surface area contributed by atoms with Crippen molar-refractivity contribution in [3.05, 3.63) is 47.3 Å². The Morgan fingerprint density at radius 3 is 2.43 bits per heavy atom. The van der Waals surface area contributed by atoms with Crippen molar-refractivity contribution < 1.29 is 9.53 Å². The van der Waals surface area contributed by atoms with Crippen LogP contribution in [0.15, 0.2) is 30.5 Å². The van der Waals surface area contributed by atoms with E-state index < -0.39 is 0 Å². The first kappa shape index (κ1) is 15.1. The molecular formula is C16H21N3O2. The Balaban J connectivity index is 2.01. The van der Waals surface area contributed by atoms with Gasteiger partial charge in [0.2, 0.25) is 0 Å². The van der Waals surface area contributed by atoms with E-state index in [4.69, 9.17) is 4.74 Å². The summed E-state index contributed by atoms with van der Waals surface area (Å²) in [5.74, 6) is 0.703. The van der Waals surface area contributed by atoms with Gasteiger partial charge in [0.15, 0.2) is 0 Å². The van der Waals surface area contributed by atoms with Gasteiger partial charge in [-0.25, -0.2) is 0 Å². The van der Waals surface area contributed by atoms with Crippen LogP contribution in [-0.2, 0) is 0 Å². The quantitative estimate of drug-likeness (QED) is 0.888. The van der Waals surface area contributed by atoms with Gasteiger partial charge in [-0.05, 0) is 45.4 Å². The summed E-state index contributed by atoms with van der Waals surface area (Å²) in [6, 6.07) is 7.68. The number of rotatable bonds is 5. The second-order valence-electron chi connectivity index (χ2n) is 5.34. The Labute approximate surface area is 124 Å². The number of aromatic nitrogens is 2. The molecule has 0 radical (unpaired) electrons. The molecule has 0 saturated carbocycles. The van der Waals surface area contributed by atoms with Gasteiger partial charge in [0, 0.05) is 5.69 Å². The number of nitrogens with zero attached hydrogens (tertiary/aromatic N) is 1. The van der Waals surface area contributed by atoms with Crippen LogP contribution in [0.1, 0.15) is 48.4 Å². The van der Waals surface area contributed by atoms with Crippen LogP contribution in [0.2, 0.25) is 0 Å². The molecule has 0 bridgehead atoms. The number of hydrogen-bond donors (Lipinski definition) is 2. The van der Waals surface area contributed by atoms with Gasteiger partial charge in [0.1, 0.15) is 5.75 Å². The van der Waals surface area contributed by atoms with E-state index in [1.807, 2.05) is 52.0 Å². The lowest BCUT2D eigenvalue weighted by atomic mass is 10.1. The monoisotopic (exact) mass is 287 g/mol. The van der Waals surface area contributed by atoms with Crippen molar-refractivity contribution >= 4 is 5.91 Å². The molecule has 5 nitrogen and oxygen atoms in total. The van der Waals surface area contributed by atoms with Crippen LogP contribution >= 0.6 is 0 Å². The first-order valence-electron chi connectivity index (χ1n) is 7.05. The van der Waals surface area contributed by atoms with Gasteiger partial charge in [0.25, 0.3) is 5.91 Å². The van der Waals surface area contributed by atoms with Crippen LogP contribution < -0.4 is 10.1 Å². The Morgan fingerprint density at radius 1 is 1.24 bits per heavy atom. The lowest BCUT2D eigenvalue weighted by Gasteiger charge is -2.15. The molecule has 0 aliphatic heterocycles. The minimum atomic E-state index is -0.128. The third kappa shape index (κ3) is 3.84. The van der Waals surface area contributed by atoms with Gasteiger partial charge in [-0.15, -0.1) is 0 Å². The van der Waals surface area contributed by atoms with Crippen molar-refractivity contribution in [2.24, 2.45) is 0 Å². The zero-order valence-electron chi connectivity index (χ0n) is 12.8. The van der Waals surface area contributed by atoms with Gasteiger partial charge < -0.3 is 10.1 Å². The number of hydrogen-bond acceptors (Lipinski definition) is 3. The summed E-state index contributed by atoms with van der Waals surface area (Å²) in [6.45, 7) is 7.75. The van der Waals surface area contributed by atoms with E-state index in [0.717, 1.165) is 17.0 Å². The average molecular weight is 287 g/mol. The molecule has 0 spiro atoms. The molecule has 1 aromatic carbocycles. The molecule has 2 N–H and O–H groups in total. The molecule has 2 rings (SSSR count). The van der Waals surface area contributed by atoms with Crippen molar-refractivity contribution in [2.75, 3.05) is 0 Å². The highest BCUT2D eigenvalue weighted by atomic mass is 16.5. The molecule has 1 heterocycles. The smallest absolute Gasteiger partial charge is 0.255 e. The third-order valence-corrected chi connectivity index (χ3v) is 3.17. The minimum absolute atomic E-state index is 0.0834. The molecule has 1 amide bonds. The normalized spacial score (nSPS) is 12.2. The van der Waals surface area contributed by atoms with Gasteiger partial charge >= 0.3 is 0 Å². The molecule has 21 heavy (non-hydrogen) atoms. The van der Waals surface area contributed by atoms with Gasteiger partial charge in [-0.1, -0.05) is 12.1 Å². The summed E-state index contributed by atoms with van der Waals surface area (Å²) in [5.41, 5.74) is 2.36. The van der Waals surface area contributed by atoms with Crippen molar-refractivity contribution in [3.63, 3.8) is 0 Å². The summed E-state index contributed by atoms with van der Waals surface area (Å²) < 4.78 is 5.60. The van der Waals surface area contributed by atoms with E-state index in [2.05, 4.69) is 15.5 Å². The lowest BCUT2D eigenvalue weighted by Crippen LogP contribution is -2.26. The van der Waals surface area contributed by atoms with Gasteiger partial charge in [0.05, 0.1) is 23.9 Å². The topological polar surface area (TPSA) is 67.0 Å². The number of aromatic amines is 1. The average Bonchev–Trinajstić information content (AvgIpc) is 2.85. The van der Waals surface area contributed by atoms with Crippen LogP contribution in [0.25, 0.3) is 0 Å². The summed E-state index contributed by atoms with van der Waals surface area (Å²) in [7, 11) is 0. The fraction of sp³-hybridized carbons (Fsp3) is 0.375. The fourth-order valence-corrected chi connectivity index (χ4v) is 2.04. The molecule has 5 heteroatoms. The molecule has 0 aliphatic carbocycles. The number of carbonyl (C=O) groups is 1. The van der Waals surface area contributed by atoms with Crippen LogP contribution in [0.3, 0.4) is 0 Å². The van der Waals surface area contributed by atoms with Crippen LogP contribution in [0.5, 0.6) is 5.75 Å². The van der Waals surface area contributed by atoms with Crippen LogP contribution in [0.4, 0.5) is 0 Å². The van der Waals surface area contributed by atoms with E-state index >= 15 is 0 Å². The van der Waals surface area contributed by atoms with E-state index in [9.17, 15) is 4.79 Å². The maximum Gasteiger partial charge on any atom is 0.255 e. The molecule has 112 valence electrons. The SMILES string of the molecule is Cc1[nH]ncc1C(=O)NC(C)c1ccc(OC(C)C)cc1. The highest BCUT2D eigenvalue weighted by Crippen LogP contribution is 2.19. The van der Waals surface area contributed by atoms with E-state index in [1.54, 1.807) is 0 Å². The Kier molecular flexibility index (Phi) is 4.62. The number of ether oxygens (including phenoxy) is 1. The number of benzene rings is 1. The van der Waals surface area contributed by atoms with Crippen molar-refractivity contribution in [1.29, 1.82) is 0 Å². The Hall–Kier alpha value is -2.30. The maximum absolute atomic E-state index is 12.1. The van der Waals surface area contributed by atoms with E-state index in [0.29, 0.717) is 5.56 Å². The summed E-state index contributed by atoms with van der Waals surface area (Å²) >= 11 is 0. The standard InChI is InChI=1S/C16H21N3O2/c1-10(2)21-14-7-5-13(6-8-14)11(3)18-16(20)15-9-17-19-12(15)4/h5-11H,1-4H3,(H,17,19)(H,18,20). The molecular weight excluding hydrogens is 266 g/mol. The van der Waals surface area contributed by atoms with E-state index in [-0.39, 0.29) is 18.1 Å². The lowest BCUT2D eigenvalue weighted by molar-refractivity contribution is 0.0939. The number of H-pyrrole nitrogens is 1. The molecule has 1 aromatic heterocycles. The number of amides is 1. The summed E-state index contributed by atoms with van der Waals surface area (Å²) in [4.78, 5) is 12.1. The summed E-state index contributed by atoms with van der Waals surface area (Å²) in [6.07, 6.45) is 1.69. The second kappa shape index (κ2) is 6.43. The second-order valence-corrected chi connectivity index (χ2v) is 5.34. The van der Waals surface area contributed by atoms with Crippen LogP contribution in [0, 0.1) is 6.92 Å².